The number of alkyl carbamates (subject to hydrolysis) is 1. The maximum Gasteiger partial charge on any atom is 0.407 e. The predicted molar refractivity (Wildman–Crippen MR) is 126 cm³/mol. The maximum absolute atomic E-state index is 12.8. The Morgan fingerprint density at radius 3 is 2.06 bits per heavy atom. The average molecular weight is 453 g/mol. The van der Waals surface area contributed by atoms with Gasteiger partial charge in [-0.1, -0.05) is 82.1 Å². The van der Waals surface area contributed by atoms with E-state index in [1.165, 1.54) is 0 Å². The van der Waals surface area contributed by atoms with Crippen LogP contribution in [-0.4, -0.2) is 41.8 Å². The van der Waals surface area contributed by atoms with E-state index in [0.717, 1.165) is 22.3 Å². The summed E-state index contributed by atoms with van der Waals surface area (Å²) in [5, 5.41) is 14.6. The van der Waals surface area contributed by atoms with Gasteiger partial charge in [-0.15, -0.1) is 0 Å². The summed E-state index contributed by atoms with van der Waals surface area (Å²) < 4.78 is 5.57. The summed E-state index contributed by atoms with van der Waals surface area (Å²) in [6, 6.07) is 14.2. The van der Waals surface area contributed by atoms with Crippen LogP contribution in [0.1, 0.15) is 57.1 Å². The molecule has 2 unspecified atom stereocenters. The van der Waals surface area contributed by atoms with E-state index in [1.807, 2.05) is 57.2 Å². The summed E-state index contributed by atoms with van der Waals surface area (Å²) >= 11 is 0. The van der Waals surface area contributed by atoms with Crippen molar-refractivity contribution in [3.8, 4) is 11.1 Å². The zero-order valence-electron chi connectivity index (χ0n) is 19.3. The minimum Gasteiger partial charge on any atom is -0.480 e. The molecule has 0 aliphatic heterocycles. The lowest BCUT2D eigenvalue weighted by atomic mass is 9.97. The van der Waals surface area contributed by atoms with Crippen molar-refractivity contribution in [1.82, 2.24) is 10.6 Å². The molecule has 2 aromatic carbocycles. The van der Waals surface area contributed by atoms with Crippen LogP contribution in [0.15, 0.2) is 48.5 Å². The molecule has 0 aromatic heterocycles. The first-order valence-electron chi connectivity index (χ1n) is 11.5. The molecule has 3 N–H and O–H groups in total. The fourth-order valence-corrected chi connectivity index (χ4v) is 4.28. The van der Waals surface area contributed by atoms with Crippen LogP contribution >= 0.6 is 0 Å². The van der Waals surface area contributed by atoms with Crippen molar-refractivity contribution >= 4 is 18.0 Å². The third-order valence-corrected chi connectivity index (χ3v) is 6.30. The molecule has 0 saturated heterocycles. The second-order valence-electron chi connectivity index (χ2n) is 8.52. The number of benzene rings is 2. The molecule has 0 radical (unpaired) electrons. The smallest absolute Gasteiger partial charge is 0.407 e. The van der Waals surface area contributed by atoms with Gasteiger partial charge in [0.2, 0.25) is 5.91 Å². The Balaban J connectivity index is 1.68. The summed E-state index contributed by atoms with van der Waals surface area (Å²) in [6.45, 7) is 5.74. The van der Waals surface area contributed by atoms with Gasteiger partial charge < -0.3 is 20.5 Å². The van der Waals surface area contributed by atoms with Crippen molar-refractivity contribution in [2.24, 2.45) is 5.92 Å². The van der Waals surface area contributed by atoms with E-state index in [-0.39, 0.29) is 18.4 Å². The van der Waals surface area contributed by atoms with Gasteiger partial charge in [0.05, 0.1) is 0 Å². The lowest BCUT2D eigenvalue weighted by Gasteiger charge is -2.25. The van der Waals surface area contributed by atoms with Crippen LogP contribution in [0.5, 0.6) is 0 Å². The van der Waals surface area contributed by atoms with Gasteiger partial charge in [-0.3, -0.25) is 4.79 Å². The molecule has 3 rings (SSSR count). The van der Waals surface area contributed by atoms with E-state index in [4.69, 9.17) is 4.74 Å². The summed E-state index contributed by atoms with van der Waals surface area (Å²) in [6.07, 6.45) is 0.872. The first-order valence-corrected chi connectivity index (χ1v) is 11.5. The Hall–Kier alpha value is -3.35. The van der Waals surface area contributed by atoms with Gasteiger partial charge in [0.1, 0.15) is 18.7 Å². The number of carbonyl (C=O) groups is 3. The van der Waals surface area contributed by atoms with Crippen LogP contribution in [0.2, 0.25) is 0 Å². The van der Waals surface area contributed by atoms with Crippen LogP contribution in [0.4, 0.5) is 4.79 Å². The fraction of sp³-hybridized carbons (Fsp3) is 0.423. The van der Waals surface area contributed by atoms with Crippen LogP contribution in [0.25, 0.3) is 11.1 Å². The Morgan fingerprint density at radius 2 is 1.55 bits per heavy atom. The lowest BCUT2D eigenvalue weighted by molar-refractivity contribution is -0.142. The van der Waals surface area contributed by atoms with Crippen molar-refractivity contribution in [3.05, 3.63) is 59.7 Å². The van der Waals surface area contributed by atoms with Crippen molar-refractivity contribution in [2.75, 3.05) is 6.61 Å². The number of rotatable bonds is 10. The highest BCUT2D eigenvalue weighted by Gasteiger charge is 2.32. The molecule has 0 spiro atoms. The Morgan fingerprint density at radius 1 is 0.970 bits per heavy atom. The number of carbonyl (C=O) groups excluding carboxylic acids is 2. The Kier molecular flexibility index (Phi) is 8.09. The van der Waals surface area contributed by atoms with Gasteiger partial charge in [0.25, 0.3) is 0 Å². The third kappa shape index (κ3) is 5.53. The van der Waals surface area contributed by atoms with Gasteiger partial charge >= 0.3 is 12.1 Å². The molecule has 0 saturated carbocycles. The minimum atomic E-state index is -1.09. The molecule has 0 fully saturated rings. The standard InChI is InChI=1S/C26H32N2O5/c1-4-10-22(25(30)31)27-24(29)23(16(3)5-2)28-26(32)33-15-21-19-13-8-6-11-17(19)18-12-7-9-14-20(18)21/h6-9,11-14,16,21-23H,4-5,10,15H2,1-3H3,(H,27,29)(H,28,32)(H,30,31)/t16?,22-,23?/m1/s1. The topological polar surface area (TPSA) is 105 Å². The van der Waals surface area contributed by atoms with Crippen LogP contribution in [0, 0.1) is 5.92 Å². The summed E-state index contributed by atoms with van der Waals surface area (Å²) in [5.74, 6) is -1.88. The average Bonchev–Trinajstić information content (AvgIpc) is 3.14. The Bertz CT molecular complexity index is 960. The number of nitrogens with one attached hydrogen (secondary N) is 2. The monoisotopic (exact) mass is 452 g/mol. The van der Waals surface area contributed by atoms with Crippen LogP contribution < -0.4 is 10.6 Å². The van der Waals surface area contributed by atoms with Crippen molar-refractivity contribution < 1.29 is 24.2 Å². The molecule has 0 heterocycles. The van der Waals surface area contributed by atoms with E-state index in [1.54, 1.807) is 0 Å². The zero-order chi connectivity index (χ0) is 24.0. The molecule has 2 amide bonds. The minimum absolute atomic E-state index is 0.0834. The summed E-state index contributed by atoms with van der Waals surface area (Å²) in [7, 11) is 0. The summed E-state index contributed by atoms with van der Waals surface area (Å²) in [4.78, 5) is 36.9. The number of aliphatic carboxylic acids is 1. The zero-order valence-corrected chi connectivity index (χ0v) is 19.3. The molecular weight excluding hydrogens is 420 g/mol. The summed E-state index contributed by atoms with van der Waals surface area (Å²) in [5.41, 5.74) is 4.47. The highest BCUT2D eigenvalue weighted by molar-refractivity contribution is 5.89. The number of hydrogen-bond acceptors (Lipinski definition) is 4. The van der Waals surface area contributed by atoms with Gasteiger partial charge in [-0.25, -0.2) is 9.59 Å². The molecule has 0 bridgehead atoms. The van der Waals surface area contributed by atoms with Crippen LogP contribution in [-0.2, 0) is 14.3 Å². The molecule has 3 atom stereocenters. The van der Waals surface area contributed by atoms with Crippen LogP contribution in [0.3, 0.4) is 0 Å². The lowest BCUT2D eigenvalue weighted by Crippen LogP contribution is -2.54. The number of hydrogen-bond donors (Lipinski definition) is 3. The third-order valence-electron chi connectivity index (χ3n) is 6.30. The normalized spacial score (nSPS) is 15.0. The van der Waals surface area contributed by atoms with Gasteiger partial charge in [0, 0.05) is 5.92 Å². The fourth-order valence-electron chi connectivity index (χ4n) is 4.28. The quantitative estimate of drug-likeness (QED) is 0.498. The molecule has 1 aliphatic carbocycles. The van der Waals surface area contributed by atoms with Crippen molar-refractivity contribution in [3.63, 3.8) is 0 Å². The highest BCUT2D eigenvalue weighted by atomic mass is 16.5. The Labute approximate surface area is 194 Å². The molecule has 2 aromatic rings. The molecule has 33 heavy (non-hydrogen) atoms. The maximum atomic E-state index is 12.8. The van der Waals surface area contributed by atoms with E-state index in [9.17, 15) is 19.5 Å². The van der Waals surface area contributed by atoms with Crippen molar-refractivity contribution in [1.29, 1.82) is 0 Å². The second kappa shape index (κ2) is 11.0. The SMILES string of the molecule is CCC[C@@H](NC(=O)C(NC(=O)OCC1c2ccccc2-c2ccccc21)C(C)CC)C(=O)O. The largest absolute Gasteiger partial charge is 0.480 e. The first kappa shape index (κ1) is 24.3. The van der Waals surface area contributed by atoms with E-state index in [0.29, 0.717) is 19.3 Å². The molecule has 7 heteroatoms. The van der Waals surface area contributed by atoms with Crippen molar-refractivity contribution in [2.45, 2.75) is 58.0 Å². The van der Waals surface area contributed by atoms with E-state index in [2.05, 4.69) is 22.8 Å². The van der Waals surface area contributed by atoms with E-state index < -0.39 is 30.1 Å². The molecule has 176 valence electrons. The number of fused-ring (bicyclic) bond motifs is 3. The van der Waals surface area contributed by atoms with Gasteiger partial charge in [0.15, 0.2) is 0 Å². The number of carboxylic acid groups (broad SMARTS) is 1. The highest BCUT2D eigenvalue weighted by Crippen LogP contribution is 2.44. The second-order valence-corrected chi connectivity index (χ2v) is 8.52. The number of amides is 2. The molecule has 7 nitrogen and oxygen atoms in total. The number of ether oxygens (including phenoxy) is 1. The van der Waals surface area contributed by atoms with E-state index >= 15 is 0 Å². The number of carboxylic acids is 1. The predicted octanol–water partition coefficient (Wildman–Crippen LogP) is 4.31. The first-order chi connectivity index (χ1) is 15.9. The van der Waals surface area contributed by atoms with Gasteiger partial charge in [-0.05, 0) is 34.6 Å². The molecule has 1 aliphatic rings. The molecular formula is C26H32N2O5. The van der Waals surface area contributed by atoms with Gasteiger partial charge in [-0.2, -0.15) is 0 Å².